The molecule has 0 aromatic heterocycles. The van der Waals surface area contributed by atoms with Gasteiger partial charge in [0.05, 0.1) is 0 Å². The Morgan fingerprint density at radius 2 is 1.52 bits per heavy atom. The molecule has 0 aliphatic carbocycles. The van der Waals surface area contributed by atoms with Crippen molar-refractivity contribution in [1.82, 2.24) is 0 Å². The number of fused-ring (bicyclic) bond motifs is 1. The van der Waals surface area contributed by atoms with E-state index in [1.54, 1.807) is 13.0 Å². The number of aliphatic hydroxyl groups is 1. The molecule has 0 saturated heterocycles. The predicted molar refractivity (Wildman–Crippen MR) is 82.1 cm³/mol. The molecule has 0 spiro atoms. The fourth-order valence-electron chi connectivity index (χ4n) is 2.87. The first-order valence-corrected chi connectivity index (χ1v) is 7.22. The van der Waals surface area contributed by atoms with E-state index in [4.69, 9.17) is 4.74 Å². The lowest BCUT2D eigenvalue weighted by atomic mass is 9.85. The van der Waals surface area contributed by atoms with E-state index in [0.29, 0.717) is 16.9 Å². The molecule has 2 aromatic carbocycles. The average molecular weight is 318 g/mol. The molecule has 6 heteroatoms. The van der Waals surface area contributed by atoms with E-state index in [0.717, 1.165) is 5.56 Å². The van der Waals surface area contributed by atoms with E-state index in [9.17, 15) is 25.5 Å². The SMILES string of the molecule is Cc1cc2c(cc1O)OC(c1cc(O)c(O)c(O)c1)C(O)C2C. The number of ether oxygens (including phenoxy) is 1. The Morgan fingerprint density at radius 3 is 2.13 bits per heavy atom. The van der Waals surface area contributed by atoms with E-state index in [1.807, 2.05) is 6.92 Å². The summed E-state index contributed by atoms with van der Waals surface area (Å²) in [5, 5.41) is 49.1. The van der Waals surface area contributed by atoms with Gasteiger partial charge in [0.25, 0.3) is 0 Å². The second-order valence-corrected chi connectivity index (χ2v) is 5.90. The van der Waals surface area contributed by atoms with Crippen LogP contribution < -0.4 is 4.74 Å². The molecule has 1 aliphatic heterocycles. The normalized spacial score (nSPS) is 23.2. The summed E-state index contributed by atoms with van der Waals surface area (Å²) in [5.41, 5.74) is 1.78. The molecule has 0 bridgehead atoms. The fourth-order valence-corrected chi connectivity index (χ4v) is 2.87. The molecule has 5 N–H and O–H groups in total. The molecule has 23 heavy (non-hydrogen) atoms. The van der Waals surface area contributed by atoms with Crippen LogP contribution in [0.2, 0.25) is 0 Å². The van der Waals surface area contributed by atoms with Gasteiger partial charge >= 0.3 is 0 Å². The van der Waals surface area contributed by atoms with Gasteiger partial charge < -0.3 is 30.3 Å². The van der Waals surface area contributed by atoms with Crippen molar-refractivity contribution in [2.24, 2.45) is 0 Å². The van der Waals surface area contributed by atoms with Crippen LogP contribution in [0.3, 0.4) is 0 Å². The van der Waals surface area contributed by atoms with Crippen molar-refractivity contribution in [3.05, 3.63) is 41.0 Å². The highest BCUT2D eigenvalue weighted by Gasteiger charge is 2.36. The van der Waals surface area contributed by atoms with Crippen LogP contribution in [0.15, 0.2) is 24.3 Å². The van der Waals surface area contributed by atoms with Crippen LogP contribution in [0.25, 0.3) is 0 Å². The number of aromatic hydroxyl groups is 4. The molecule has 0 fully saturated rings. The zero-order valence-electron chi connectivity index (χ0n) is 12.7. The minimum Gasteiger partial charge on any atom is -0.508 e. The Kier molecular flexibility index (Phi) is 3.49. The molecule has 3 rings (SSSR count). The molecule has 0 saturated carbocycles. The Labute approximate surface area is 132 Å². The Hall–Kier alpha value is -2.60. The monoisotopic (exact) mass is 318 g/mol. The van der Waals surface area contributed by atoms with Gasteiger partial charge in [-0.2, -0.15) is 0 Å². The lowest BCUT2D eigenvalue weighted by Crippen LogP contribution is -2.33. The smallest absolute Gasteiger partial charge is 0.200 e. The predicted octanol–water partition coefficient (Wildman–Crippen LogP) is 2.42. The van der Waals surface area contributed by atoms with Gasteiger partial charge in [0.2, 0.25) is 0 Å². The zero-order chi connectivity index (χ0) is 16.9. The number of rotatable bonds is 1. The number of aliphatic hydroxyl groups excluding tert-OH is 1. The summed E-state index contributed by atoms with van der Waals surface area (Å²) < 4.78 is 5.77. The summed E-state index contributed by atoms with van der Waals surface area (Å²) in [4.78, 5) is 0. The highest BCUT2D eigenvalue weighted by atomic mass is 16.5. The third kappa shape index (κ3) is 2.41. The standard InChI is InChI=1S/C17H18O6/c1-7-3-10-8(2)15(21)17(23-14(10)6-11(7)18)9-4-12(19)16(22)13(20)5-9/h3-6,8,15,17-22H,1-2H3. The van der Waals surface area contributed by atoms with E-state index >= 15 is 0 Å². The Bertz CT molecular complexity index is 747. The van der Waals surface area contributed by atoms with Gasteiger partial charge in [0, 0.05) is 23.1 Å². The molecule has 3 atom stereocenters. The largest absolute Gasteiger partial charge is 0.508 e. The number of hydrogen-bond acceptors (Lipinski definition) is 6. The summed E-state index contributed by atoms with van der Waals surface area (Å²) in [5.74, 6) is -1.38. The topological polar surface area (TPSA) is 110 Å². The molecule has 122 valence electrons. The first-order chi connectivity index (χ1) is 10.8. The van der Waals surface area contributed by atoms with Gasteiger partial charge in [0.1, 0.15) is 17.6 Å². The van der Waals surface area contributed by atoms with Crippen LogP contribution in [-0.2, 0) is 0 Å². The van der Waals surface area contributed by atoms with Gasteiger partial charge in [-0.15, -0.1) is 0 Å². The maximum Gasteiger partial charge on any atom is 0.200 e. The second kappa shape index (κ2) is 5.24. The second-order valence-electron chi connectivity index (χ2n) is 5.90. The van der Waals surface area contributed by atoms with E-state index in [1.165, 1.54) is 18.2 Å². The summed E-state index contributed by atoms with van der Waals surface area (Å²) >= 11 is 0. The molecule has 2 aromatic rings. The Morgan fingerprint density at radius 1 is 0.913 bits per heavy atom. The summed E-state index contributed by atoms with van der Waals surface area (Å²) in [6.45, 7) is 3.59. The van der Waals surface area contributed by atoms with Crippen LogP contribution >= 0.6 is 0 Å². The minimum atomic E-state index is -0.921. The quantitative estimate of drug-likeness (QED) is 0.517. The van der Waals surface area contributed by atoms with Gasteiger partial charge in [-0.25, -0.2) is 0 Å². The molecule has 0 radical (unpaired) electrons. The summed E-state index contributed by atoms with van der Waals surface area (Å²) in [7, 11) is 0. The van der Waals surface area contributed by atoms with Crippen LogP contribution in [0.1, 0.15) is 35.6 Å². The van der Waals surface area contributed by atoms with Crippen LogP contribution in [0.4, 0.5) is 0 Å². The highest BCUT2D eigenvalue weighted by Crippen LogP contribution is 2.46. The van der Waals surface area contributed by atoms with Crippen molar-refractivity contribution in [2.45, 2.75) is 32.0 Å². The van der Waals surface area contributed by atoms with Crippen LogP contribution in [-0.4, -0.2) is 31.6 Å². The van der Waals surface area contributed by atoms with E-state index in [-0.39, 0.29) is 11.7 Å². The molecule has 0 amide bonds. The molecule has 6 nitrogen and oxygen atoms in total. The zero-order valence-corrected chi connectivity index (χ0v) is 12.7. The van der Waals surface area contributed by atoms with Crippen molar-refractivity contribution in [1.29, 1.82) is 0 Å². The summed E-state index contributed by atoms with van der Waals surface area (Å²) in [6.07, 6.45) is -1.77. The molecule has 1 aliphatic rings. The van der Waals surface area contributed by atoms with E-state index < -0.39 is 29.5 Å². The first kappa shape index (κ1) is 15.3. The van der Waals surface area contributed by atoms with Crippen LogP contribution in [0, 0.1) is 6.92 Å². The maximum atomic E-state index is 10.5. The lowest BCUT2D eigenvalue weighted by Gasteiger charge is -2.35. The Balaban J connectivity index is 2.07. The molecular weight excluding hydrogens is 300 g/mol. The maximum absolute atomic E-state index is 10.5. The number of benzene rings is 2. The molecule has 1 heterocycles. The van der Waals surface area contributed by atoms with Crippen LogP contribution in [0.5, 0.6) is 28.7 Å². The van der Waals surface area contributed by atoms with Crippen molar-refractivity contribution in [3.8, 4) is 28.7 Å². The third-order valence-electron chi connectivity index (χ3n) is 4.32. The third-order valence-corrected chi connectivity index (χ3v) is 4.32. The first-order valence-electron chi connectivity index (χ1n) is 7.22. The minimum absolute atomic E-state index is 0.0856. The van der Waals surface area contributed by atoms with Gasteiger partial charge in [-0.05, 0) is 30.7 Å². The average Bonchev–Trinajstić information content (AvgIpc) is 2.50. The molecule has 3 unspecified atom stereocenters. The number of hydrogen-bond donors (Lipinski definition) is 5. The summed E-state index contributed by atoms with van der Waals surface area (Å²) in [6, 6.07) is 5.71. The van der Waals surface area contributed by atoms with Crippen molar-refractivity contribution < 1.29 is 30.3 Å². The fraction of sp³-hybridized carbons (Fsp3) is 0.294. The van der Waals surface area contributed by atoms with Gasteiger partial charge in [0.15, 0.2) is 23.4 Å². The number of phenols is 4. The van der Waals surface area contributed by atoms with Crippen molar-refractivity contribution >= 4 is 0 Å². The van der Waals surface area contributed by atoms with Gasteiger partial charge in [-0.3, -0.25) is 0 Å². The molecular formula is C17H18O6. The number of phenolic OH excluding ortho intramolecular Hbond substituents is 4. The number of aryl methyl sites for hydroxylation is 1. The van der Waals surface area contributed by atoms with Crippen molar-refractivity contribution in [2.75, 3.05) is 0 Å². The van der Waals surface area contributed by atoms with Crippen molar-refractivity contribution in [3.63, 3.8) is 0 Å². The van der Waals surface area contributed by atoms with E-state index in [2.05, 4.69) is 0 Å². The highest BCUT2D eigenvalue weighted by molar-refractivity contribution is 5.53. The lowest BCUT2D eigenvalue weighted by molar-refractivity contribution is 0.00343. The van der Waals surface area contributed by atoms with Gasteiger partial charge in [-0.1, -0.05) is 6.92 Å².